The third-order valence-corrected chi connectivity index (χ3v) is 4.32. The van der Waals surface area contributed by atoms with Crippen LogP contribution < -0.4 is 15.0 Å². The maximum Gasteiger partial charge on any atom is 0.227 e. The Morgan fingerprint density at radius 1 is 1.25 bits per heavy atom. The van der Waals surface area contributed by atoms with Gasteiger partial charge in [0.1, 0.15) is 5.75 Å². The fourth-order valence-electron chi connectivity index (χ4n) is 2.93. The van der Waals surface area contributed by atoms with Gasteiger partial charge in [0.05, 0.1) is 12.8 Å². The Balaban J connectivity index is 1.60. The van der Waals surface area contributed by atoms with E-state index < -0.39 is 0 Å². The Labute approximate surface area is 141 Å². The molecular formula is C18H22N4O2. The Kier molecular flexibility index (Phi) is 4.93. The van der Waals surface area contributed by atoms with Crippen molar-refractivity contribution in [3.63, 3.8) is 0 Å². The summed E-state index contributed by atoms with van der Waals surface area (Å²) in [5.41, 5.74) is 1.82. The van der Waals surface area contributed by atoms with Crippen molar-refractivity contribution in [3.05, 3.63) is 42.2 Å². The van der Waals surface area contributed by atoms with Gasteiger partial charge in [-0.15, -0.1) is 0 Å². The van der Waals surface area contributed by atoms with Gasteiger partial charge in [-0.25, -0.2) is 9.97 Å². The van der Waals surface area contributed by atoms with Crippen LogP contribution in [0.1, 0.15) is 18.4 Å². The van der Waals surface area contributed by atoms with Crippen molar-refractivity contribution >= 4 is 17.5 Å². The van der Waals surface area contributed by atoms with Crippen molar-refractivity contribution in [1.82, 2.24) is 9.97 Å². The number of methoxy groups -OCH3 is 1. The van der Waals surface area contributed by atoms with E-state index >= 15 is 0 Å². The predicted molar refractivity (Wildman–Crippen MR) is 93.3 cm³/mol. The lowest BCUT2D eigenvalue weighted by atomic mass is 9.96. The number of carbonyl (C=O) groups is 1. The quantitative estimate of drug-likeness (QED) is 0.935. The highest BCUT2D eigenvalue weighted by Gasteiger charge is 2.26. The zero-order chi connectivity index (χ0) is 16.9. The predicted octanol–water partition coefficient (Wildman–Crippen LogP) is 2.65. The molecular weight excluding hydrogens is 304 g/mol. The van der Waals surface area contributed by atoms with Gasteiger partial charge < -0.3 is 15.0 Å². The fraction of sp³-hybridized carbons (Fsp3) is 0.389. The average Bonchev–Trinajstić information content (AvgIpc) is 2.64. The molecule has 2 heterocycles. The molecule has 0 spiro atoms. The maximum absolute atomic E-state index is 12.5. The van der Waals surface area contributed by atoms with E-state index in [0.29, 0.717) is 5.75 Å². The lowest BCUT2D eigenvalue weighted by Crippen LogP contribution is -2.39. The van der Waals surface area contributed by atoms with Crippen molar-refractivity contribution in [3.8, 4) is 5.75 Å². The third-order valence-electron chi connectivity index (χ3n) is 4.32. The summed E-state index contributed by atoms with van der Waals surface area (Å²) >= 11 is 0. The SMILES string of the molecule is COc1cc(C)ccc1NC(=O)C1CCN(c2ncccn2)CC1. The van der Waals surface area contributed by atoms with E-state index in [-0.39, 0.29) is 11.8 Å². The molecule has 0 radical (unpaired) electrons. The monoisotopic (exact) mass is 326 g/mol. The molecule has 1 amide bonds. The van der Waals surface area contributed by atoms with Gasteiger partial charge >= 0.3 is 0 Å². The molecule has 1 aliphatic heterocycles. The van der Waals surface area contributed by atoms with Gasteiger partial charge in [0.15, 0.2) is 0 Å². The summed E-state index contributed by atoms with van der Waals surface area (Å²) in [5.74, 6) is 1.47. The number of benzene rings is 1. The molecule has 3 rings (SSSR count). The number of piperidine rings is 1. The van der Waals surface area contributed by atoms with Crippen LogP contribution in [0.4, 0.5) is 11.6 Å². The van der Waals surface area contributed by atoms with Crippen molar-refractivity contribution in [2.24, 2.45) is 5.92 Å². The van der Waals surface area contributed by atoms with Crippen LogP contribution in [-0.4, -0.2) is 36.1 Å². The number of nitrogens with zero attached hydrogens (tertiary/aromatic N) is 3. The lowest BCUT2D eigenvalue weighted by Gasteiger charge is -2.31. The highest BCUT2D eigenvalue weighted by atomic mass is 16.5. The van der Waals surface area contributed by atoms with Crippen LogP contribution in [0.3, 0.4) is 0 Å². The first-order valence-corrected chi connectivity index (χ1v) is 8.15. The van der Waals surface area contributed by atoms with Crippen molar-refractivity contribution in [1.29, 1.82) is 0 Å². The van der Waals surface area contributed by atoms with E-state index in [4.69, 9.17) is 4.74 Å². The molecule has 1 saturated heterocycles. The second-order valence-electron chi connectivity index (χ2n) is 6.00. The number of amides is 1. The topological polar surface area (TPSA) is 67.3 Å². The van der Waals surface area contributed by atoms with Gasteiger partial charge in [0, 0.05) is 31.4 Å². The summed E-state index contributed by atoms with van der Waals surface area (Å²) < 4.78 is 5.35. The Morgan fingerprint density at radius 2 is 1.96 bits per heavy atom. The van der Waals surface area contributed by atoms with Crippen LogP contribution in [-0.2, 0) is 4.79 Å². The normalized spacial score (nSPS) is 15.2. The molecule has 6 nitrogen and oxygen atoms in total. The Bertz CT molecular complexity index is 697. The number of rotatable bonds is 4. The number of hydrogen-bond acceptors (Lipinski definition) is 5. The third kappa shape index (κ3) is 3.64. The van der Waals surface area contributed by atoms with Crippen LogP contribution in [0, 0.1) is 12.8 Å². The number of aromatic nitrogens is 2. The number of aryl methyl sites for hydroxylation is 1. The highest BCUT2D eigenvalue weighted by Crippen LogP contribution is 2.27. The van der Waals surface area contributed by atoms with E-state index in [1.807, 2.05) is 25.1 Å². The second-order valence-corrected chi connectivity index (χ2v) is 6.00. The molecule has 1 fully saturated rings. The highest BCUT2D eigenvalue weighted by molar-refractivity contribution is 5.94. The van der Waals surface area contributed by atoms with Crippen LogP contribution >= 0.6 is 0 Å². The molecule has 24 heavy (non-hydrogen) atoms. The van der Waals surface area contributed by atoms with E-state index in [0.717, 1.165) is 43.1 Å². The summed E-state index contributed by atoms with van der Waals surface area (Å²) in [7, 11) is 1.61. The fourth-order valence-corrected chi connectivity index (χ4v) is 2.93. The molecule has 0 unspecified atom stereocenters. The van der Waals surface area contributed by atoms with Crippen LogP contribution in [0.25, 0.3) is 0 Å². The first-order valence-electron chi connectivity index (χ1n) is 8.15. The van der Waals surface area contributed by atoms with Crippen molar-refractivity contribution in [2.45, 2.75) is 19.8 Å². The van der Waals surface area contributed by atoms with E-state index in [1.54, 1.807) is 25.6 Å². The Morgan fingerprint density at radius 3 is 2.62 bits per heavy atom. The first-order chi connectivity index (χ1) is 11.7. The van der Waals surface area contributed by atoms with Gasteiger partial charge in [-0.1, -0.05) is 6.07 Å². The van der Waals surface area contributed by atoms with E-state index in [1.165, 1.54) is 0 Å². The Hall–Kier alpha value is -2.63. The smallest absolute Gasteiger partial charge is 0.227 e. The van der Waals surface area contributed by atoms with Crippen LogP contribution in [0.5, 0.6) is 5.75 Å². The summed E-state index contributed by atoms with van der Waals surface area (Å²) in [6.45, 7) is 3.57. The van der Waals surface area contributed by atoms with Gasteiger partial charge in [-0.3, -0.25) is 4.79 Å². The molecule has 6 heteroatoms. The molecule has 1 aromatic heterocycles. The van der Waals surface area contributed by atoms with Gasteiger partial charge in [-0.2, -0.15) is 0 Å². The molecule has 1 aromatic carbocycles. The minimum Gasteiger partial charge on any atom is -0.495 e. The maximum atomic E-state index is 12.5. The largest absolute Gasteiger partial charge is 0.495 e. The molecule has 1 N–H and O–H groups in total. The minimum absolute atomic E-state index is 0.00373. The van der Waals surface area contributed by atoms with Gasteiger partial charge in [0.2, 0.25) is 11.9 Å². The number of ether oxygens (including phenoxy) is 1. The molecule has 0 saturated carbocycles. The summed E-state index contributed by atoms with van der Waals surface area (Å²) in [6, 6.07) is 7.58. The average molecular weight is 326 g/mol. The van der Waals surface area contributed by atoms with Gasteiger partial charge in [-0.05, 0) is 43.5 Å². The zero-order valence-electron chi connectivity index (χ0n) is 14.0. The van der Waals surface area contributed by atoms with E-state index in [2.05, 4.69) is 20.2 Å². The molecule has 126 valence electrons. The zero-order valence-corrected chi connectivity index (χ0v) is 14.0. The van der Waals surface area contributed by atoms with Crippen molar-refractivity contribution in [2.75, 3.05) is 30.4 Å². The summed E-state index contributed by atoms with van der Waals surface area (Å²) in [4.78, 5) is 23.2. The molecule has 2 aromatic rings. The van der Waals surface area contributed by atoms with Crippen LogP contribution in [0.15, 0.2) is 36.7 Å². The van der Waals surface area contributed by atoms with Crippen LogP contribution in [0.2, 0.25) is 0 Å². The molecule has 0 bridgehead atoms. The minimum atomic E-state index is -0.00373. The molecule has 1 aliphatic rings. The first kappa shape index (κ1) is 16.2. The van der Waals surface area contributed by atoms with E-state index in [9.17, 15) is 4.79 Å². The second kappa shape index (κ2) is 7.29. The molecule has 0 aliphatic carbocycles. The number of carbonyl (C=O) groups excluding carboxylic acids is 1. The standard InChI is InChI=1S/C18H22N4O2/c1-13-4-5-15(16(12-13)24-2)21-17(23)14-6-10-22(11-7-14)18-19-8-3-9-20-18/h3-5,8-9,12,14H,6-7,10-11H2,1-2H3,(H,21,23). The lowest BCUT2D eigenvalue weighted by molar-refractivity contribution is -0.120. The molecule has 0 atom stereocenters. The number of anilines is 2. The summed E-state index contributed by atoms with van der Waals surface area (Å²) in [6.07, 6.45) is 5.06. The van der Waals surface area contributed by atoms with Gasteiger partial charge in [0.25, 0.3) is 0 Å². The summed E-state index contributed by atoms with van der Waals surface area (Å²) in [5, 5.41) is 3.00. The number of nitrogens with one attached hydrogen (secondary N) is 1. The van der Waals surface area contributed by atoms with Crippen molar-refractivity contribution < 1.29 is 9.53 Å². The number of hydrogen-bond donors (Lipinski definition) is 1.